The van der Waals surface area contributed by atoms with Crippen molar-refractivity contribution in [1.29, 1.82) is 0 Å². The second kappa shape index (κ2) is 5.27. The molecule has 1 heterocycles. The van der Waals surface area contributed by atoms with Crippen molar-refractivity contribution in [2.45, 2.75) is 32.4 Å². The lowest BCUT2D eigenvalue weighted by Gasteiger charge is -2.24. The first kappa shape index (κ1) is 12.9. The topological polar surface area (TPSA) is 79.5 Å². The Morgan fingerprint density at radius 2 is 2.00 bits per heavy atom. The molecule has 0 radical (unpaired) electrons. The van der Waals surface area contributed by atoms with E-state index in [0.29, 0.717) is 13.1 Å². The van der Waals surface area contributed by atoms with Crippen molar-refractivity contribution < 1.29 is 14.3 Å². The highest BCUT2D eigenvalue weighted by Gasteiger charge is 2.24. The zero-order valence-corrected chi connectivity index (χ0v) is 9.92. The zero-order chi connectivity index (χ0) is 12.2. The van der Waals surface area contributed by atoms with Gasteiger partial charge in [-0.05, 0) is 20.8 Å². The fourth-order valence-electron chi connectivity index (χ4n) is 1.33. The molecule has 1 aliphatic rings. The quantitative estimate of drug-likeness (QED) is 0.570. The average molecular weight is 229 g/mol. The van der Waals surface area contributed by atoms with Crippen LogP contribution in [0.15, 0.2) is 0 Å². The number of amides is 2. The fraction of sp³-hybridized carbons (Fsp3) is 0.800. The Bertz CT molecular complexity index is 267. The van der Waals surface area contributed by atoms with Gasteiger partial charge >= 0.3 is 6.09 Å². The Kier molecular flexibility index (Phi) is 4.26. The van der Waals surface area contributed by atoms with Crippen LogP contribution < -0.4 is 16.0 Å². The van der Waals surface area contributed by atoms with Crippen LogP contribution in [0.3, 0.4) is 0 Å². The van der Waals surface area contributed by atoms with Crippen molar-refractivity contribution in [2.75, 3.05) is 19.6 Å². The predicted molar refractivity (Wildman–Crippen MR) is 59.0 cm³/mol. The molecule has 1 atom stereocenters. The summed E-state index contributed by atoms with van der Waals surface area (Å²) in [5.41, 5.74) is -0.595. The van der Waals surface area contributed by atoms with E-state index in [1.807, 2.05) is 0 Å². The highest BCUT2D eigenvalue weighted by atomic mass is 16.6. The van der Waals surface area contributed by atoms with Crippen LogP contribution in [0.25, 0.3) is 0 Å². The molecule has 1 saturated heterocycles. The van der Waals surface area contributed by atoms with Gasteiger partial charge in [0.25, 0.3) is 0 Å². The van der Waals surface area contributed by atoms with Crippen LogP contribution in [0.1, 0.15) is 20.8 Å². The molecule has 1 aliphatic heterocycles. The molecule has 92 valence electrons. The van der Waals surface area contributed by atoms with Crippen molar-refractivity contribution in [2.24, 2.45) is 0 Å². The van der Waals surface area contributed by atoms with Crippen molar-refractivity contribution in [1.82, 2.24) is 16.0 Å². The van der Waals surface area contributed by atoms with Gasteiger partial charge < -0.3 is 15.4 Å². The summed E-state index contributed by atoms with van der Waals surface area (Å²) in [5, 5.41) is 8.27. The highest BCUT2D eigenvalue weighted by molar-refractivity contribution is 5.95. The molecule has 1 fully saturated rings. The summed E-state index contributed by atoms with van der Waals surface area (Å²) in [6, 6.07) is -0.374. The van der Waals surface area contributed by atoms with Gasteiger partial charge in [-0.25, -0.2) is 4.79 Å². The van der Waals surface area contributed by atoms with Crippen LogP contribution in [0.4, 0.5) is 4.79 Å². The number of hydrogen-bond acceptors (Lipinski definition) is 5. The maximum absolute atomic E-state index is 11.6. The van der Waals surface area contributed by atoms with Gasteiger partial charge in [0.15, 0.2) is 0 Å². The van der Waals surface area contributed by atoms with Crippen molar-refractivity contribution >= 4 is 12.0 Å². The minimum atomic E-state index is -0.704. The molecule has 2 amide bonds. The van der Waals surface area contributed by atoms with Crippen LogP contribution >= 0.6 is 0 Å². The maximum Gasteiger partial charge on any atom is 0.414 e. The highest BCUT2D eigenvalue weighted by Crippen LogP contribution is 2.06. The number of hydrogen-bond donors (Lipinski definition) is 3. The maximum atomic E-state index is 11.6. The molecule has 6 nitrogen and oxygen atoms in total. The van der Waals surface area contributed by atoms with E-state index in [4.69, 9.17) is 4.74 Å². The Hall–Kier alpha value is -1.14. The first-order valence-corrected chi connectivity index (χ1v) is 5.36. The Labute approximate surface area is 95.1 Å². The molecule has 0 spiro atoms. The number of carbonyl (C=O) groups excluding carboxylic acids is 2. The molecular formula is C10H19N3O3. The number of alkyl carbamates (subject to hydrolysis) is 1. The number of nitrogens with one attached hydrogen (secondary N) is 3. The molecule has 1 rings (SSSR count). The zero-order valence-electron chi connectivity index (χ0n) is 9.92. The summed E-state index contributed by atoms with van der Waals surface area (Å²) in [6.45, 7) is 7.31. The summed E-state index contributed by atoms with van der Waals surface area (Å²) in [5.74, 6) is -0.360. The van der Waals surface area contributed by atoms with Crippen LogP contribution in [0.5, 0.6) is 0 Å². The Morgan fingerprint density at radius 3 is 2.50 bits per heavy atom. The van der Waals surface area contributed by atoms with Gasteiger partial charge in [-0.3, -0.25) is 10.1 Å². The van der Waals surface area contributed by atoms with E-state index in [2.05, 4.69) is 16.0 Å². The van der Waals surface area contributed by atoms with Gasteiger partial charge in [-0.2, -0.15) is 0 Å². The second-order valence-corrected chi connectivity index (χ2v) is 4.70. The SMILES string of the molecule is CC(C)(C)OC(=O)NC(=O)C1CNCCN1. The van der Waals surface area contributed by atoms with E-state index in [1.54, 1.807) is 20.8 Å². The molecule has 0 aromatic heterocycles. The van der Waals surface area contributed by atoms with Crippen LogP contribution in [0.2, 0.25) is 0 Å². The summed E-state index contributed by atoms with van der Waals surface area (Å²) in [4.78, 5) is 22.9. The van der Waals surface area contributed by atoms with Crippen LogP contribution in [-0.4, -0.2) is 43.3 Å². The first-order chi connectivity index (χ1) is 7.38. The molecule has 0 aliphatic carbocycles. The van der Waals surface area contributed by atoms with Gasteiger partial charge in [0.05, 0.1) is 6.04 Å². The molecule has 0 aromatic carbocycles. The monoisotopic (exact) mass is 229 g/mol. The molecule has 0 bridgehead atoms. The predicted octanol–water partition coefficient (Wildman–Crippen LogP) is -0.401. The fourth-order valence-corrected chi connectivity index (χ4v) is 1.33. The van der Waals surface area contributed by atoms with Crippen molar-refractivity contribution in [3.8, 4) is 0 Å². The summed E-state index contributed by atoms with van der Waals surface area (Å²) in [7, 11) is 0. The van der Waals surface area contributed by atoms with Gasteiger partial charge in [0.2, 0.25) is 5.91 Å². The van der Waals surface area contributed by atoms with Gasteiger partial charge in [-0.15, -0.1) is 0 Å². The average Bonchev–Trinajstić information content (AvgIpc) is 2.16. The first-order valence-electron chi connectivity index (χ1n) is 5.36. The summed E-state index contributed by atoms with van der Waals surface area (Å²) >= 11 is 0. The largest absolute Gasteiger partial charge is 0.444 e. The van der Waals surface area contributed by atoms with Gasteiger partial charge in [-0.1, -0.05) is 0 Å². The lowest BCUT2D eigenvalue weighted by Crippen LogP contribution is -2.56. The Balaban J connectivity index is 2.35. The number of piperazine rings is 1. The molecule has 0 saturated carbocycles. The van der Waals surface area contributed by atoms with E-state index >= 15 is 0 Å². The van der Waals surface area contributed by atoms with Crippen LogP contribution in [0, 0.1) is 0 Å². The molecule has 16 heavy (non-hydrogen) atoms. The molecule has 6 heteroatoms. The third-order valence-corrected chi connectivity index (χ3v) is 1.98. The van der Waals surface area contributed by atoms with E-state index in [-0.39, 0.29) is 11.9 Å². The lowest BCUT2D eigenvalue weighted by atomic mass is 10.2. The smallest absolute Gasteiger partial charge is 0.414 e. The van der Waals surface area contributed by atoms with Gasteiger partial charge in [0, 0.05) is 19.6 Å². The number of ether oxygens (including phenoxy) is 1. The van der Waals surface area contributed by atoms with E-state index < -0.39 is 11.7 Å². The standard InChI is InChI=1S/C10H19N3O3/c1-10(2,3)16-9(15)13-8(14)7-6-11-4-5-12-7/h7,11-12H,4-6H2,1-3H3,(H,13,14,15). The molecular weight excluding hydrogens is 210 g/mol. The third kappa shape index (κ3) is 4.59. The number of imide groups is 1. The van der Waals surface area contributed by atoms with E-state index in [0.717, 1.165) is 6.54 Å². The van der Waals surface area contributed by atoms with Crippen molar-refractivity contribution in [3.05, 3.63) is 0 Å². The minimum Gasteiger partial charge on any atom is -0.444 e. The van der Waals surface area contributed by atoms with Crippen LogP contribution in [-0.2, 0) is 9.53 Å². The summed E-state index contributed by atoms with van der Waals surface area (Å²) in [6.07, 6.45) is -0.704. The molecule has 0 aromatic rings. The second-order valence-electron chi connectivity index (χ2n) is 4.70. The molecule has 3 N–H and O–H groups in total. The van der Waals surface area contributed by atoms with E-state index in [1.165, 1.54) is 0 Å². The number of rotatable bonds is 1. The van der Waals surface area contributed by atoms with Gasteiger partial charge in [0.1, 0.15) is 5.60 Å². The third-order valence-electron chi connectivity index (χ3n) is 1.98. The lowest BCUT2D eigenvalue weighted by molar-refractivity contribution is -0.122. The minimum absolute atomic E-state index is 0.360. The number of carbonyl (C=O) groups is 2. The van der Waals surface area contributed by atoms with E-state index in [9.17, 15) is 9.59 Å². The molecule has 1 unspecified atom stereocenters. The van der Waals surface area contributed by atoms with Crippen molar-refractivity contribution in [3.63, 3.8) is 0 Å². The normalized spacial score (nSPS) is 21.3. The Morgan fingerprint density at radius 1 is 1.31 bits per heavy atom. The summed E-state index contributed by atoms with van der Waals surface area (Å²) < 4.78 is 4.98.